The van der Waals surface area contributed by atoms with Crippen LogP contribution in [0, 0.1) is 12.3 Å². The number of anilines is 2. The van der Waals surface area contributed by atoms with Gasteiger partial charge < -0.3 is 14.8 Å². The Bertz CT molecular complexity index is 761. The minimum Gasteiger partial charge on any atom is -0.407 e. The van der Waals surface area contributed by atoms with Crippen molar-refractivity contribution in [2.45, 2.75) is 25.0 Å². The van der Waals surface area contributed by atoms with Crippen molar-refractivity contribution < 1.29 is 4.18 Å². The molecule has 0 radical (unpaired) electrons. The molecule has 0 spiro atoms. The van der Waals surface area contributed by atoms with Gasteiger partial charge in [-0.15, -0.1) is 12.3 Å². The highest BCUT2D eigenvalue weighted by Crippen LogP contribution is 2.25. The lowest BCUT2D eigenvalue weighted by molar-refractivity contribution is 0.0836. The van der Waals surface area contributed by atoms with Crippen LogP contribution in [0.3, 0.4) is 0 Å². The zero-order valence-corrected chi connectivity index (χ0v) is 20.9. The molecule has 1 aromatic heterocycles. The molecule has 2 N–H and O–H groups in total. The van der Waals surface area contributed by atoms with Gasteiger partial charge in [0.25, 0.3) is 0 Å². The molecule has 1 aromatic carbocycles. The SMILES string of the molecule is C#CC.CN(SOc1ccc(N)nc1)N1CCN(c2ccccc2)CC1.S.SC1CC1. The van der Waals surface area contributed by atoms with E-state index in [9.17, 15) is 0 Å². The molecule has 2 aliphatic rings. The quantitative estimate of drug-likeness (QED) is 0.290. The maximum atomic E-state index is 5.66. The summed E-state index contributed by atoms with van der Waals surface area (Å²) in [7, 11) is 2.01. The number of pyridine rings is 1. The number of nitrogens with zero attached hydrogens (tertiary/aromatic N) is 4. The van der Waals surface area contributed by atoms with Gasteiger partial charge in [-0.1, -0.05) is 18.2 Å². The Kier molecular flexibility index (Phi) is 13.4. The van der Waals surface area contributed by atoms with E-state index in [0.717, 1.165) is 31.4 Å². The van der Waals surface area contributed by atoms with Gasteiger partial charge in [-0.2, -0.15) is 30.5 Å². The number of hydrogen-bond donors (Lipinski definition) is 2. The minimum absolute atomic E-state index is 0. The van der Waals surface area contributed by atoms with Crippen molar-refractivity contribution in [3.05, 3.63) is 48.7 Å². The Hall–Kier alpha value is -1.70. The molecule has 2 aromatic rings. The van der Waals surface area contributed by atoms with Crippen molar-refractivity contribution in [2.75, 3.05) is 43.9 Å². The number of hydrazine groups is 1. The van der Waals surface area contributed by atoms with Crippen LogP contribution in [0.5, 0.6) is 5.75 Å². The number of thiol groups is 1. The molecule has 2 fully saturated rings. The topological polar surface area (TPSA) is 57.9 Å². The molecule has 1 saturated carbocycles. The van der Waals surface area contributed by atoms with Crippen LogP contribution in [0.25, 0.3) is 0 Å². The number of rotatable bonds is 5. The van der Waals surface area contributed by atoms with Gasteiger partial charge in [0.1, 0.15) is 5.82 Å². The summed E-state index contributed by atoms with van der Waals surface area (Å²) in [6.45, 7) is 5.57. The number of benzene rings is 1. The summed E-state index contributed by atoms with van der Waals surface area (Å²) in [6.07, 6.45) is 8.93. The van der Waals surface area contributed by atoms with Gasteiger partial charge in [0.15, 0.2) is 18.0 Å². The Balaban J connectivity index is 0.000000518. The lowest BCUT2D eigenvalue weighted by atomic mass is 10.2. The number of nitrogen functional groups attached to an aromatic ring is 1. The molecule has 0 unspecified atom stereocenters. The summed E-state index contributed by atoms with van der Waals surface area (Å²) in [5.74, 6) is 3.44. The van der Waals surface area contributed by atoms with E-state index in [2.05, 4.69) is 64.1 Å². The fourth-order valence-corrected chi connectivity index (χ4v) is 3.23. The molecule has 1 aliphatic carbocycles. The molecule has 6 nitrogen and oxygen atoms in total. The number of para-hydroxylation sites is 1. The number of piperazine rings is 1. The molecule has 31 heavy (non-hydrogen) atoms. The largest absolute Gasteiger partial charge is 0.407 e. The fraction of sp³-hybridized carbons (Fsp3) is 0.409. The van der Waals surface area contributed by atoms with Crippen LogP contribution >= 0.6 is 38.4 Å². The molecule has 0 bridgehead atoms. The fourth-order valence-electron chi connectivity index (χ4n) is 2.53. The maximum absolute atomic E-state index is 5.66. The van der Waals surface area contributed by atoms with E-state index in [-0.39, 0.29) is 13.5 Å². The van der Waals surface area contributed by atoms with Gasteiger partial charge >= 0.3 is 0 Å². The van der Waals surface area contributed by atoms with Crippen molar-refractivity contribution in [3.8, 4) is 18.1 Å². The van der Waals surface area contributed by atoms with Crippen molar-refractivity contribution in [3.63, 3.8) is 0 Å². The van der Waals surface area contributed by atoms with Crippen molar-refractivity contribution in [1.29, 1.82) is 0 Å². The Morgan fingerprint density at radius 3 is 2.23 bits per heavy atom. The van der Waals surface area contributed by atoms with Gasteiger partial charge in [0, 0.05) is 44.2 Å². The summed E-state index contributed by atoms with van der Waals surface area (Å²) in [6, 6.07) is 14.1. The third-order valence-electron chi connectivity index (χ3n) is 4.32. The zero-order valence-electron chi connectivity index (χ0n) is 18.1. The van der Waals surface area contributed by atoms with Gasteiger partial charge in [0.2, 0.25) is 0 Å². The van der Waals surface area contributed by atoms with E-state index < -0.39 is 0 Å². The smallest absolute Gasteiger partial charge is 0.162 e. The van der Waals surface area contributed by atoms with Crippen molar-refractivity contribution in [2.24, 2.45) is 0 Å². The third kappa shape index (κ3) is 10.9. The van der Waals surface area contributed by atoms with E-state index in [1.165, 1.54) is 30.8 Å². The Labute approximate surface area is 203 Å². The second kappa shape index (κ2) is 15.2. The number of nitrogens with two attached hydrogens (primary N) is 1. The first kappa shape index (κ1) is 27.3. The standard InChI is InChI=1S/C16H21N5OS.C3H6S.C3H4.H2S/c1-19(23-22-15-7-8-16(17)18-13-15)21-11-9-20(10-12-21)14-5-3-2-4-6-14;4-3-1-2-3;1-3-2;/h2-8,13H,9-12H2,1H3,(H2,17,18);3-4H,1-2H2;1H,2H3;1H2. The second-order valence-corrected chi connectivity index (χ2v) is 8.41. The van der Waals surface area contributed by atoms with Gasteiger partial charge in [0.05, 0.1) is 6.20 Å². The number of terminal acetylenes is 1. The number of aromatic nitrogens is 1. The van der Waals surface area contributed by atoms with Crippen LogP contribution in [0.15, 0.2) is 48.7 Å². The Morgan fingerprint density at radius 1 is 1.16 bits per heavy atom. The maximum Gasteiger partial charge on any atom is 0.162 e. The predicted octanol–water partition coefficient (Wildman–Crippen LogP) is 4.11. The van der Waals surface area contributed by atoms with E-state index in [0.29, 0.717) is 11.6 Å². The monoisotopic (exact) mass is 479 g/mol. The van der Waals surface area contributed by atoms with E-state index in [1.807, 2.05) is 23.6 Å². The molecular formula is C22H33N5OS3. The Morgan fingerprint density at radius 2 is 1.74 bits per heavy atom. The van der Waals surface area contributed by atoms with E-state index in [4.69, 9.17) is 9.92 Å². The third-order valence-corrected chi connectivity index (χ3v) is 5.55. The molecule has 9 heteroatoms. The molecule has 1 saturated heterocycles. The lowest BCUT2D eigenvalue weighted by Gasteiger charge is -2.39. The molecular weight excluding hydrogens is 446 g/mol. The first-order chi connectivity index (χ1) is 14.5. The van der Waals surface area contributed by atoms with Crippen LogP contribution in [0.2, 0.25) is 0 Å². The van der Waals surface area contributed by atoms with Crippen molar-refractivity contribution >= 4 is 49.9 Å². The van der Waals surface area contributed by atoms with Crippen LogP contribution in [-0.2, 0) is 0 Å². The highest BCUT2D eigenvalue weighted by atomic mass is 32.2. The van der Waals surface area contributed by atoms with E-state index >= 15 is 0 Å². The van der Waals surface area contributed by atoms with Crippen LogP contribution in [0.1, 0.15) is 19.8 Å². The molecule has 0 atom stereocenters. The van der Waals surface area contributed by atoms with Gasteiger partial charge in [-0.3, -0.25) is 0 Å². The summed E-state index contributed by atoms with van der Waals surface area (Å²) in [4.78, 5) is 6.42. The molecule has 0 amide bonds. The molecule has 1 aliphatic heterocycles. The highest BCUT2D eigenvalue weighted by Gasteiger charge is 2.21. The average molecular weight is 480 g/mol. The minimum atomic E-state index is 0. The van der Waals surface area contributed by atoms with Crippen molar-refractivity contribution in [1.82, 2.24) is 14.4 Å². The zero-order chi connectivity index (χ0) is 21.8. The molecule has 170 valence electrons. The average Bonchev–Trinajstić information content (AvgIpc) is 3.57. The predicted molar refractivity (Wildman–Crippen MR) is 142 cm³/mol. The molecule has 2 heterocycles. The summed E-state index contributed by atoms with van der Waals surface area (Å²) in [5, 5.41) is 3.05. The van der Waals surface area contributed by atoms with Crippen LogP contribution in [-0.4, -0.2) is 52.9 Å². The first-order valence-electron chi connectivity index (χ1n) is 9.93. The molecule has 4 rings (SSSR count). The van der Waals surface area contributed by atoms with E-state index in [1.54, 1.807) is 19.2 Å². The van der Waals surface area contributed by atoms with Gasteiger partial charge in [-0.05, 0) is 44.0 Å². The van der Waals surface area contributed by atoms with Gasteiger partial charge in [-0.25, -0.2) is 9.99 Å². The summed E-state index contributed by atoms with van der Waals surface area (Å²) in [5.41, 5.74) is 6.85. The first-order valence-corrected chi connectivity index (χ1v) is 11.1. The summed E-state index contributed by atoms with van der Waals surface area (Å²) >= 11 is 5.38. The highest BCUT2D eigenvalue weighted by molar-refractivity contribution is 7.92. The van der Waals surface area contributed by atoms with Crippen LogP contribution < -0.4 is 14.8 Å². The normalized spacial score (nSPS) is 15.4. The summed E-state index contributed by atoms with van der Waals surface area (Å²) < 4.78 is 7.68. The number of hydrogen-bond acceptors (Lipinski definition) is 8. The van der Waals surface area contributed by atoms with Crippen LogP contribution in [0.4, 0.5) is 11.5 Å². The lowest BCUT2D eigenvalue weighted by Crippen LogP contribution is -2.50. The second-order valence-electron chi connectivity index (χ2n) is 6.84.